The quantitative estimate of drug-likeness (QED) is 0.435. The number of carbonyl (C=O) groups excluding carboxylic acids is 2. The number of ether oxygens (including phenoxy) is 2. The first-order valence-corrected chi connectivity index (χ1v) is 11.8. The van der Waals surface area contributed by atoms with Crippen molar-refractivity contribution in [2.24, 2.45) is 5.73 Å². The SMILES string of the molecule is C=Cc1ccc(SC)cc1.COc1ccc(CC(=O)NCc2ccc(C(N)=O)cc2)cc1OC. The summed E-state index contributed by atoms with van der Waals surface area (Å²) in [7, 11) is 3.12. The highest BCUT2D eigenvalue weighted by Gasteiger charge is 2.08. The summed E-state index contributed by atoms with van der Waals surface area (Å²) in [5.74, 6) is 0.626. The summed E-state index contributed by atoms with van der Waals surface area (Å²) in [5, 5.41) is 2.84. The molecule has 0 bridgehead atoms. The van der Waals surface area contributed by atoms with E-state index in [1.54, 1.807) is 62.4 Å². The normalized spacial score (nSPS) is 9.85. The molecule has 2 amide bonds. The lowest BCUT2D eigenvalue weighted by Crippen LogP contribution is -2.24. The number of hydrogen-bond acceptors (Lipinski definition) is 5. The predicted octanol–water partition coefficient (Wildman–Crippen LogP) is 4.71. The zero-order chi connectivity index (χ0) is 24.9. The van der Waals surface area contributed by atoms with Crippen molar-refractivity contribution in [3.63, 3.8) is 0 Å². The smallest absolute Gasteiger partial charge is 0.248 e. The Hall–Kier alpha value is -3.71. The van der Waals surface area contributed by atoms with Crippen molar-refractivity contribution in [1.82, 2.24) is 5.32 Å². The number of carbonyl (C=O) groups is 2. The van der Waals surface area contributed by atoms with Gasteiger partial charge >= 0.3 is 0 Å². The Morgan fingerprint density at radius 3 is 2.09 bits per heavy atom. The molecule has 3 N–H and O–H groups in total. The van der Waals surface area contributed by atoms with E-state index in [9.17, 15) is 9.59 Å². The second-order valence-corrected chi connectivity index (χ2v) is 8.06. The van der Waals surface area contributed by atoms with Gasteiger partial charge in [-0.15, -0.1) is 11.8 Å². The van der Waals surface area contributed by atoms with Crippen LogP contribution in [0.4, 0.5) is 0 Å². The van der Waals surface area contributed by atoms with Crippen LogP contribution in [0.25, 0.3) is 6.08 Å². The molecule has 0 heterocycles. The summed E-state index contributed by atoms with van der Waals surface area (Å²) in [4.78, 5) is 24.4. The first-order valence-electron chi connectivity index (χ1n) is 10.5. The number of thioether (sulfide) groups is 1. The van der Waals surface area contributed by atoms with Crippen LogP contribution in [0.15, 0.2) is 78.2 Å². The fourth-order valence-corrected chi connectivity index (χ4v) is 3.37. The molecule has 0 atom stereocenters. The molecule has 0 radical (unpaired) electrons. The van der Waals surface area contributed by atoms with Gasteiger partial charge in [-0.25, -0.2) is 0 Å². The van der Waals surface area contributed by atoms with E-state index in [0.717, 1.165) is 11.1 Å². The molecule has 0 aromatic heterocycles. The molecule has 0 unspecified atom stereocenters. The maximum atomic E-state index is 12.1. The molecule has 0 fully saturated rings. The third-order valence-electron chi connectivity index (χ3n) is 4.89. The van der Waals surface area contributed by atoms with Gasteiger partial charge in [0.25, 0.3) is 0 Å². The van der Waals surface area contributed by atoms with E-state index in [4.69, 9.17) is 15.2 Å². The highest BCUT2D eigenvalue weighted by atomic mass is 32.2. The van der Waals surface area contributed by atoms with E-state index in [2.05, 4.69) is 42.4 Å². The van der Waals surface area contributed by atoms with Crippen LogP contribution < -0.4 is 20.5 Å². The third-order valence-corrected chi connectivity index (χ3v) is 5.64. The fraction of sp³-hybridized carbons (Fsp3) is 0.185. The minimum Gasteiger partial charge on any atom is -0.493 e. The van der Waals surface area contributed by atoms with E-state index >= 15 is 0 Å². The van der Waals surface area contributed by atoms with E-state index in [0.29, 0.717) is 23.6 Å². The van der Waals surface area contributed by atoms with Gasteiger partial charge in [-0.2, -0.15) is 0 Å². The topological polar surface area (TPSA) is 90.6 Å². The van der Waals surface area contributed by atoms with Crippen LogP contribution in [-0.2, 0) is 17.8 Å². The minimum atomic E-state index is -0.473. The lowest BCUT2D eigenvalue weighted by atomic mass is 10.1. The number of hydrogen-bond donors (Lipinski definition) is 2. The van der Waals surface area contributed by atoms with Crippen molar-refractivity contribution in [2.45, 2.75) is 17.9 Å². The van der Waals surface area contributed by atoms with Crippen LogP contribution in [0, 0.1) is 0 Å². The molecule has 3 aromatic carbocycles. The number of rotatable bonds is 9. The minimum absolute atomic E-state index is 0.110. The summed E-state index contributed by atoms with van der Waals surface area (Å²) in [6.45, 7) is 4.06. The van der Waals surface area contributed by atoms with Crippen LogP contribution in [0.3, 0.4) is 0 Å². The molecular formula is C27H30N2O4S. The van der Waals surface area contributed by atoms with Crippen LogP contribution in [0.2, 0.25) is 0 Å². The maximum Gasteiger partial charge on any atom is 0.248 e. The maximum absolute atomic E-state index is 12.1. The Bertz CT molecular complexity index is 1100. The Morgan fingerprint density at radius 2 is 1.56 bits per heavy atom. The number of benzene rings is 3. The molecule has 0 saturated carbocycles. The highest BCUT2D eigenvalue weighted by molar-refractivity contribution is 7.98. The van der Waals surface area contributed by atoms with E-state index in [1.165, 1.54) is 10.5 Å². The Kier molecular flexibility index (Phi) is 10.7. The Balaban J connectivity index is 0.000000340. The van der Waals surface area contributed by atoms with Crippen LogP contribution in [-0.4, -0.2) is 32.3 Å². The molecule has 6 nitrogen and oxygen atoms in total. The van der Waals surface area contributed by atoms with Gasteiger partial charge in [0.05, 0.1) is 20.6 Å². The Morgan fingerprint density at radius 1 is 0.941 bits per heavy atom. The zero-order valence-corrected chi connectivity index (χ0v) is 20.5. The first kappa shape index (κ1) is 26.5. The van der Waals surface area contributed by atoms with Crippen molar-refractivity contribution in [3.05, 3.63) is 95.6 Å². The van der Waals surface area contributed by atoms with Crippen LogP contribution >= 0.6 is 11.8 Å². The second kappa shape index (κ2) is 13.7. The molecular weight excluding hydrogens is 448 g/mol. The molecule has 3 rings (SSSR count). The van der Waals surface area contributed by atoms with Gasteiger partial charge < -0.3 is 20.5 Å². The number of nitrogens with one attached hydrogen (secondary N) is 1. The van der Waals surface area contributed by atoms with Crippen molar-refractivity contribution < 1.29 is 19.1 Å². The summed E-state index contributed by atoms with van der Waals surface area (Å²) in [5.41, 5.74) is 8.52. The average Bonchev–Trinajstić information content (AvgIpc) is 2.88. The first-order chi connectivity index (χ1) is 16.4. The predicted molar refractivity (Wildman–Crippen MR) is 138 cm³/mol. The standard InChI is InChI=1S/C18H20N2O4.C9H10S/c1-23-15-8-5-13(9-16(15)24-2)10-17(21)20-11-12-3-6-14(7-4-12)18(19)22;1-3-8-4-6-9(10-2)7-5-8/h3-9H,10-11H2,1-2H3,(H2,19,22)(H,20,21);3-7H,1H2,2H3. The number of methoxy groups -OCH3 is 2. The molecule has 34 heavy (non-hydrogen) atoms. The summed E-state index contributed by atoms with van der Waals surface area (Å²) >= 11 is 1.75. The molecule has 0 aliphatic heterocycles. The largest absolute Gasteiger partial charge is 0.493 e. The number of primary amides is 1. The second-order valence-electron chi connectivity index (χ2n) is 7.18. The molecule has 0 saturated heterocycles. The van der Waals surface area contributed by atoms with Crippen molar-refractivity contribution in [3.8, 4) is 11.5 Å². The molecule has 0 aliphatic rings. The van der Waals surface area contributed by atoms with E-state index in [-0.39, 0.29) is 12.3 Å². The summed E-state index contributed by atoms with van der Waals surface area (Å²) < 4.78 is 10.4. The zero-order valence-electron chi connectivity index (χ0n) is 19.7. The highest BCUT2D eigenvalue weighted by Crippen LogP contribution is 2.27. The molecule has 0 aliphatic carbocycles. The lowest BCUT2D eigenvalue weighted by molar-refractivity contribution is -0.120. The van der Waals surface area contributed by atoms with Gasteiger partial charge in [-0.1, -0.05) is 43.0 Å². The molecule has 3 aromatic rings. The Labute approximate surface area is 205 Å². The molecule has 178 valence electrons. The fourth-order valence-electron chi connectivity index (χ4n) is 2.97. The molecule has 7 heteroatoms. The van der Waals surface area contributed by atoms with Crippen molar-refractivity contribution in [1.29, 1.82) is 0 Å². The van der Waals surface area contributed by atoms with Gasteiger partial charge in [0, 0.05) is 17.0 Å². The van der Waals surface area contributed by atoms with Gasteiger partial charge in [0.15, 0.2) is 11.5 Å². The van der Waals surface area contributed by atoms with E-state index < -0.39 is 5.91 Å². The van der Waals surface area contributed by atoms with Crippen molar-refractivity contribution >= 4 is 29.7 Å². The number of nitrogens with two attached hydrogens (primary N) is 1. The summed E-state index contributed by atoms with van der Waals surface area (Å²) in [6, 6.07) is 20.5. The number of amides is 2. The average molecular weight is 479 g/mol. The van der Waals surface area contributed by atoms with E-state index in [1.807, 2.05) is 12.1 Å². The van der Waals surface area contributed by atoms with Gasteiger partial charge in [0.2, 0.25) is 11.8 Å². The van der Waals surface area contributed by atoms with Crippen molar-refractivity contribution in [2.75, 3.05) is 20.5 Å². The molecule has 0 spiro atoms. The van der Waals surface area contributed by atoms with Gasteiger partial charge in [0.1, 0.15) is 0 Å². The third kappa shape index (κ3) is 8.33. The van der Waals surface area contributed by atoms with Crippen LogP contribution in [0.1, 0.15) is 27.0 Å². The summed E-state index contributed by atoms with van der Waals surface area (Å²) in [6.07, 6.45) is 4.16. The van der Waals surface area contributed by atoms with Gasteiger partial charge in [-0.05, 0) is 59.3 Å². The van der Waals surface area contributed by atoms with Crippen LogP contribution in [0.5, 0.6) is 11.5 Å². The monoisotopic (exact) mass is 478 g/mol. The van der Waals surface area contributed by atoms with Gasteiger partial charge in [-0.3, -0.25) is 9.59 Å². The lowest BCUT2D eigenvalue weighted by Gasteiger charge is -2.10.